The molecule has 0 amide bonds. The zero-order valence-electron chi connectivity index (χ0n) is 6.50. The van der Waals surface area contributed by atoms with Crippen LogP contribution < -0.4 is 0 Å². The van der Waals surface area contributed by atoms with Crippen molar-refractivity contribution < 1.29 is 13.2 Å². The summed E-state index contributed by atoms with van der Waals surface area (Å²) in [5.74, 6) is -1.59. The number of rotatable bonds is 1. The van der Waals surface area contributed by atoms with E-state index in [1.807, 2.05) is 0 Å². The highest BCUT2D eigenvalue weighted by atomic mass is 19.2. The Labute approximate surface area is 72.8 Å². The maximum absolute atomic E-state index is 13.1. The molecule has 1 aromatic heterocycles. The molecule has 1 heterocycles. The minimum atomic E-state index is -0.917. The number of aromatic nitrogens is 1. The molecule has 13 heavy (non-hydrogen) atoms. The van der Waals surface area contributed by atoms with Gasteiger partial charge in [-0.05, 0) is 12.1 Å². The van der Waals surface area contributed by atoms with E-state index < -0.39 is 11.6 Å². The number of benzene rings is 1. The first-order valence-corrected chi connectivity index (χ1v) is 3.62. The molecular formula is C9H5F2NO. The van der Waals surface area contributed by atoms with Crippen molar-refractivity contribution in [1.82, 2.24) is 4.98 Å². The van der Waals surface area contributed by atoms with Crippen molar-refractivity contribution in [3.63, 3.8) is 0 Å². The van der Waals surface area contributed by atoms with E-state index in [1.54, 1.807) is 0 Å². The lowest BCUT2D eigenvalue weighted by Crippen LogP contribution is -1.87. The quantitative estimate of drug-likeness (QED) is 0.675. The van der Waals surface area contributed by atoms with Crippen molar-refractivity contribution in [2.24, 2.45) is 0 Å². The van der Waals surface area contributed by atoms with E-state index in [9.17, 15) is 8.78 Å². The number of halogens is 2. The molecule has 0 fully saturated rings. The van der Waals surface area contributed by atoms with Gasteiger partial charge in [-0.1, -0.05) is 6.07 Å². The lowest BCUT2D eigenvalue weighted by Gasteiger charge is -1.98. The van der Waals surface area contributed by atoms with Gasteiger partial charge in [-0.25, -0.2) is 13.8 Å². The molecule has 0 saturated carbocycles. The second-order valence-corrected chi connectivity index (χ2v) is 2.47. The summed E-state index contributed by atoms with van der Waals surface area (Å²) in [6.07, 6.45) is 2.50. The van der Waals surface area contributed by atoms with Crippen LogP contribution in [-0.2, 0) is 0 Å². The lowest BCUT2D eigenvalue weighted by atomic mass is 10.2. The first-order valence-electron chi connectivity index (χ1n) is 3.62. The van der Waals surface area contributed by atoms with Gasteiger partial charge in [0.15, 0.2) is 23.8 Å². The second-order valence-electron chi connectivity index (χ2n) is 2.47. The summed E-state index contributed by atoms with van der Waals surface area (Å²) in [4.78, 5) is 3.61. The van der Waals surface area contributed by atoms with Crippen molar-refractivity contribution in [1.29, 1.82) is 0 Å². The molecule has 2 aromatic rings. The van der Waals surface area contributed by atoms with Crippen LogP contribution in [0.4, 0.5) is 8.78 Å². The van der Waals surface area contributed by atoms with E-state index >= 15 is 0 Å². The smallest absolute Gasteiger partial charge is 0.181 e. The fourth-order valence-corrected chi connectivity index (χ4v) is 1.04. The average molecular weight is 181 g/mol. The molecule has 0 aliphatic rings. The standard InChI is InChI=1S/C9H5F2NO/c10-7-3-1-2-6(9(7)11)8-4-12-5-13-8/h1-5H. The largest absolute Gasteiger partial charge is 0.443 e. The summed E-state index contributed by atoms with van der Waals surface area (Å²) in [7, 11) is 0. The fraction of sp³-hybridized carbons (Fsp3) is 0. The summed E-state index contributed by atoms with van der Waals surface area (Å²) in [5.41, 5.74) is 0.0810. The third-order valence-electron chi connectivity index (χ3n) is 1.65. The third-order valence-corrected chi connectivity index (χ3v) is 1.65. The molecule has 1 aromatic carbocycles. The zero-order valence-corrected chi connectivity index (χ0v) is 6.50. The molecule has 0 N–H and O–H groups in total. The first kappa shape index (κ1) is 7.91. The van der Waals surface area contributed by atoms with Gasteiger partial charge in [0.05, 0.1) is 11.8 Å². The maximum Gasteiger partial charge on any atom is 0.181 e. The number of hydrogen-bond acceptors (Lipinski definition) is 2. The number of nitrogens with zero attached hydrogens (tertiary/aromatic N) is 1. The predicted octanol–water partition coefficient (Wildman–Crippen LogP) is 2.62. The van der Waals surface area contributed by atoms with Gasteiger partial charge >= 0.3 is 0 Å². The van der Waals surface area contributed by atoms with Gasteiger partial charge in [0, 0.05) is 0 Å². The van der Waals surface area contributed by atoms with Crippen LogP contribution in [0.2, 0.25) is 0 Å². The Hall–Kier alpha value is -1.71. The van der Waals surface area contributed by atoms with E-state index in [-0.39, 0.29) is 11.3 Å². The summed E-state index contributed by atoms with van der Waals surface area (Å²) in [6.45, 7) is 0. The first-order chi connectivity index (χ1) is 6.29. The highest BCUT2D eigenvalue weighted by Gasteiger charge is 2.11. The zero-order chi connectivity index (χ0) is 9.26. The highest BCUT2D eigenvalue weighted by molar-refractivity contribution is 5.56. The molecular weight excluding hydrogens is 176 g/mol. The minimum absolute atomic E-state index is 0.0810. The predicted molar refractivity (Wildman–Crippen MR) is 41.9 cm³/mol. The minimum Gasteiger partial charge on any atom is -0.443 e. The molecule has 0 bridgehead atoms. The van der Waals surface area contributed by atoms with Crippen LogP contribution >= 0.6 is 0 Å². The molecule has 0 atom stereocenters. The van der Waals surface area contributed by atoms with Gasteiger partial charge in [-0.2, -0.15) is 0 Å². The van der Waals surface area contributed by atoms with Crippen molar-refractivity contribution in [2.75, 3.05) is 0 Å². The van der Waals surface area contributed by atoms with Crippen molar-refractivity contribution in [3.05, 3.63) is 42.4 Å². The Balaban J connectivity index is 2.59. The lowest BCUT2D eigenvalue weighted by molar-refractivity contribution is 0.503. The van der Waals surface area contributed by atoms with E-state index in [0.29, 0.717) is 0 Å². The summed E-state index contributed by atoms with van der Waals surface area (Å²) >= 11 is 0. The molecule has 2 rings (SSSR count). The molecule has 2 nitrogen and oxygen atoms in total. The summed E-state index contributed by atoms with van der Waals surface area (Å²) in [5, 5.41) is 0. The Morgan fingerprint density at radius 2 is 2.08 bits per heavy atom. The molecule has 0 spiro atoms. The molecule has 0 radical (unpaired) electrons. The SMILES string of the molecule is Fc1cccc(-c2cnco2)c1F. The molecule has 0 aliphatic carbocycles. The Kier molecular flexibility index (Phi) is 1.81. The second kappa shape index (κ2) is 2.97. The van der Waals surface area contributed by atoms with E-state index in [4.69, 9.17) is 4.42 Å². The fourth-order valence-electron chi connectivity index (χ4n) is 1.04. The monoisotopic (exact) mass is 181 g/mol. The van der Waals surface area contributed by atoms with E-state index in [2.05, 4.69) is 4.98 Å². The van der Waals surface area contributed by atoms with Gasteiger partial charge < -0.3 is 4.42 Å². The van der Waals surface area contributed by atoms with Gasteiger partial charge in [-0.3, -0.25) is 0 Å². The van der Waals surface area contributed by atoms with Crippen LogP contribution in [0.1, 0.15) is 0 Å². The maximum atomic E-state index is 13.1. The van der Waals surface area contributed by atoms with Crippen molar-refractivity contribution in [3.8, 4) is 11.3 Å². The van der Waals surface area contributed by atoms with Gasteiger partial charge in [0.1, 0.15) is 0 Å². The average Bonchev–Trinajstić information content (AvgIpc) is 2.62. The number of oxazole rings is 1. The normalized spacial score (nSPS) is 10.3. The molecule has 4 heteroatoms. The van der Waals surface area contributed by atoms with Crippen LogP contribution in [0, 0.1) is 11.6 Å². The van der Waals surface area contributed by atoms with Crippen molar-refractivity contribution >= 4 is 0 Å². The van der Waals surface area contributed by atoms with E-state index in [0.717, 1.165) is 6.07 Å². The molecule has 0 saturated heterocycles. The van der Waals surface area contributed by atoms with E-state index in [1.165, 1.54) is 24.7 Å². The van der Waals surface area contributed by atoms with Crippen molar-refractivity contribution in [2.45, 2.75) is 0 Å². The van der Waals surface area contributed by atoms with Crippen LogP contribution in [0.15, 0.2) is 35.2 Å². The highest BCUT2D eigenvalue weighted by Crippen LogP contribution is 2.23. The van der Waals surface area contributed by atoms with Crippen LogP contribution in [-0.4, -0.2) is 4.98 Å². The van der Waals surface area contributed by atoms with Gasteiger partial charge in [0.25, 0.3) is 0 Å². The Morgan fingerprint density at radius 3 is 2.77 bits per heavy atom. The summed E-state index contributed by atoms with van der Waals surface area (Å²) < 4.78 is 30.7. The third kappa shape index (κ3) is 1.30. The molecule has 0 aliphatic heterocycles. The van der Waals surface area contributed by atoms with Gasteiger partial charge in [0.2, 0.25) is 0 Å². The molecule has 66 valence electrons. The van der Waals surface area contributed by atoms with Gasteiger partial charge in [-0.15, -0.1) is 0 Å². The van der Waals surface area contributed by atoms with Crippen LogP contribution in [0.3, 0.4) is 0 Å². The Bertz CT molecular complexity index is 412. The molecule has 0 unspecified atom stereocenters. The van der Waals surface area contributed by atoms with Crippen LogP contribution in [0.25, 0.3) is 11.3 Å². The summed E-state index contributed by atoms with van der Waals surface area (Å²) in [6, 6.07) is 3.89. The topological polar surface area (TPSA) is 26.0 Å². The van der Waals surface area contributed by atoms with Crippen LogP contribution in [0.5, 0.6) is 0 Å². The number of hydrogen-bond donors (Lipinski definition) is 0. The Morgan fingerprint density at radius 1 is 1.23 bits per heavy atom.